The molecule has 0 spiro atoms. The smallest absolute Gasteiger partial charge is 0.244 e. The number of likely N-dealkylation sites (tertiary alicyclic amines) is 1. The van der Waals surface area contributed by atoms with Gasteiger partial charge in [0.15, 0.2) is 0 Å². The van der Waals surface area contributed by atoms with Gasteiger partial charge in [0.1, 0.15) is 10.7 Å². The number of hydrogen-bond acceptors (Lipinski definition) is 6. The first-order valence-electron chi connectivity index (χ1n) is 11.5. The van der Waals surface area contributed by atoms with E-state index in [1.807, 2.05) is 6.92 Å². The van der Waals surface area contributed by atoms with E-state index < -0.39 is 10.0 Å². The molecular formula is C23H40N4O3S. The lowest BCUT2D eigenvalue weighted by molar-refractivity contribution is -0.186. The van der Waals surface area contributed by atoms with Gasteiger partial charge in [-0.05, 0) is 83.5 Å². The maximum atomic E-state index is 13.1. The summed E-state index contributed by atoms with van der Waals surface area (Å²) >= 11 is 0. The van der Waals surface area contributed by atoms with Gasteiger partial charge in [-0.1, -0.05) is 13.8 Å². The Kier molecular flexibility index (Phi) is 7.35. The van der Waals surface area contributed by atoms with E-state index in [0.29, 0.717) is 18.9 Å². The number of nitrogens with one attached hydrogen (secondary N) is 2. The predicted octanol–water partition coefficient (Wildman–Crippen LogP) is 3.41. The van der Waals surface area contributed by atoms with Gasteiger partial charge in [-0.2, -0.15) is 0 Å². The Morgan fingerprint density at radius 3 is 2.52 bits per heavy atom. The molecule has 7 nitrogen and oxygen atoms in total. The molecule has 0 aromatic carbocycles. The van der Waals surface area contributed by atoms with Crippen LogP contribution in [0.4, 0.5) is 5.82 Å². The third kappa shape index (κ3) is 6.18. The Hall–Kier alpha value is -1.22. The maximum Gasteiger partial charge on any atom is 0.244 e. The first-order valence-corrected chi connectivity index (χ1v) is 13.0. The van der Waals surface area contributed by atoms with Crippen LogP contribution in [0.25, 0.3) is 0 Å². The second-order valence-corrected chi connectivity index (χ2v) is 12.3. The highest BCUT2D eigenvalue weighted by molar-refractivity contribution is 7.89. The molecule has 2 fully saturated rings. The van der Waals surface area contributed by atoms with Gasteiger partial charge in [0.05, 0.1) is 11.7 Å². The zero-order chi connectivity index (χ0) is 22.9. The lowest BCUT2D eigenvalue weighted by Crippen LogP contribution is -2.56. The number of pyridine rings is 1. The van der Waals surface area contributed by atoms with Crippen molar-refractivity contribution in [1.82, 2.24) is 14.6 Å². The fourth-order valence-electron chi connectivity index (χ4n) is 4.46. The third-order valence-corrected chi connectivity index (χ3v) is 8.06. The van der Waals surface area contributed by atoms with Crippen LogP contribution in [0.2, 0.25) is 0 Å². The summed E-state index contributed by atoms with van der Waals surface area (Å²) in [5.74, 6) is 0.674. The van der Waals surface area contributed by atoms with Crippen LogP contribution in [-0.2, 0) is 14.8 Å². The zero-order valence-corrected chi connectivity index (χ0v) is 20.8. The molecule has 2 aliphatic rings. The molecule has 3 rings (SSSR count). The van der Waals surface area contributed by atoms with Gasteiger partial charge in [0, 0.05) is 25.3 Å². The van der Waals surface area contributed by atoms with Crippen molar-refractivity contribution < 1.29 is 13.2 Å². The summed E-state index contributed by atoms with van der Waals surface area (Å²) in [5.41, 5.74) is 0.526. The van der Waals surface area contributed by atoms with E-state index in [9.17, 15) is 8.42 Å². The molecule has 1 aliphatic heterocycles. The van der Waals surface area contributed by atoms with Gasteiger partial charge in [-0.15, -0.1) is 0 Å². The van der Waals surface area contributed by atoms with Crippen molar-refractivity contribution in [3.8, 4) is 0 Å². The summed E-state index contributed by atoms with van der Waals surface area (Å²) in [7, 11) is -3.66. The van der Waals surface area contributed by atoms with Crippen molar-refractivity contribution in [2.75, 3.05) is 38.0 Å². The normalized spacial score (nSPS) is 24.2. The van der Waals surface area contributed by atoms with Crippen LogP contribution in [0.1, 0.15) is 59.6 Å². The first-order chi connectivity index (χ1) is 14.4. The van der Waals surface area contributed by atoms with Crippen molar-refractivity contribution in [2.45, 2.75) is 77.4 Å². The molecule has 1 saturated heterocycles. The minimum atomic E-state index is -3.66. The molecule has 1 aromatic heterocycles. The summed E-state index contributed by atoms with van der Waals surface area (Å²) < 4.78 is 35.2. The first kappa shape index (κ1) is 24.4. The maximum absolute atomic E-state index is 13.1. The van der Waals surface area contributed by atoms with E-state index in [1.165, 1.54) is 12.8 Å². The van der Waals surface area contributed by atoms with E-state index in [2.05, 4.69) is 54.5 Å². The van der Waals surface area contributed by atoms with Crippen molar-refractivity contribution in [2.24, 2.45) is 11.3 Å². The molecule has 0 amide bonds. The average molecular weight is 453 g/mol. The summed E-state index contributed by atoms with van der Waals surface area (Å²) in [6.07, 6.45) is 3.49. The lowest BCUT2D eigenvalue weighted by atomic mass is 9.60. The van der Waals surface area contributed by atoms with Gasteiger partial charge >= 0.3 is 0 Å². The Morgan fingerprint density at radius 2 is 1.90 bits per heavy atom. The van der Waals surface area contributed by atoms with Gasteiger partial charge in [0.25, 0.3) is 0 Å². The summed E-state index contributed by atoms with van der Waals surface area (Å²) in [6, 6.07) is 3.40. The van der Waals surface area contributed by atoms with E-state index in [-0.39, 0.29) is 27.9 Å². The molecule has 1 aliphatic carbocycles. The quantitative estimate of drug-likeness (QED) is 0.597. The number of ether oxygens (including phenoxy) is 1. The third-order valence-electron chi connectivity index (χ3n) is 6.60. The largest absolute Gasteiger partial charge is 0.372 e. The van der Waals surface area contributed by atoms with Crippen LogP contribution in [-0.4, -0.2) is 62.7 Å². The molecule has 31 heavy (non-hydrogen) atoms. The van der Waals surface area contributed by atoms with Crippen LogP contribution in [0.15, 0.2) is 17.0 Å². The number of nitrogens with zero attached hydrogens (tertiary/aromatic N) is 2. The van der Waals surface area contributed by atoms with Gasteiger partial charge in [-0.25, -0.2) is 18.1 Å². The summed E-state index contributed by atoms with van der Waals surface area (Å²) in [5, 5.41) is 3.26. The van der Waals surface area contributed by atoms with Crippen molar-refractivity contribution in [1.29, 1.82) is 0 Å². The van der Waals surface area contributed by atoms with Crippen LogP contribution in [0, 0.1) is 18.3 Å². The topological polar surface area (TPSA) is 83.6 Å². The van der Waals surface area contributed by atoms with Crippen molar-refractivity contribution in [3.63, 3.8) is 0 Å². The number of aryl methyl sites for hydroxylation is 1. The number of aromatic nitrogens is 1. The van der Waals surface area contributed by atoms with Gasteiger partial charge in [-0.3, -0.25) is 0 Å². The second-order valence-electron chi connectivity index (χ2n) is 10.6. The zero-order valence-electron chi connectivity index (χ0n) is 20.0. The van der Waals surface area contributed by atoms with Crippen LogP contribution >= 0.6 is 0 Å². The molecule has 0 radical (unpaired) electrons. The Labute approximate surface area is 188 Å². The van der Waals surface area contributed by atoms with Crippen LogP contribution in [0.3, 0.4) is 0 Å². The molecule has 176 valence electrons. The fraction of sp³-hybridized carbons (Fsp3) is 0.783. The van der Waals surface area contributed by atoms with Crippen LogP contribution < -0.4 is 10.0 Å². The highest BCUT2D eigenvalue weighted by atomic mass is 32.2. The SMILES string of the molecule is Cc1ccc(S(=O)(=O)NCC2CC(OC(C)(C)C)C2(C)C)c(NCCN2CCCC2)n1. The van der Waals surface area contributed by atoms with Crippen LogP contribution in [0.5, 0.6) is 0 Å². The molecule has 2 heterocycles. The molecule has 0 bridgehead atoms. The Balaban J connectivity index is 1.61. The monoisotopic (exact) mass is 452 g/mol. The standard InChI is InChI=1S/C23H40N4O3S/c1-17-9-10-19(21(26-17)24-11-14-27-12-7-8-13-27)31(28,29)25-16-18-15-20(23(18,5)6)30-22(2,3)4/h9-10,18,20,25H,7-8,11-16H2,1-6H3,(H,24,26). The molecule has 2 atom stereocenters. The number of sulfonamides is 1. The molecule has 8 heteroatoms. The Bertz CT molecular complexity index is 858. The number of anilines is 1. The lowest BCUT2D eigenvalue weighted by Gasteiger charge is -2.53. The summed E-state index contributed by atoms with van der Waals surface area (Å²) in [6.45, 7) is 16.6. The number of hydrogen-bond donors (Lipinski definition) is 2. The molecule has 2 N–H and O–H groups in total. The molecule has 1 saturated carbocycles. The molecule has 2 unspecified atom stereocenters. The van der Waals surface area contributed by atoms with Crippen molar-refractivity contribution >= 4 is 15.8 Å². The minimum absolute atomic E-state index is 0.0713. The van der Waals surface area contributed by atoms with E-state index in [4.69, 9.17) is 4.74 Å². The fourth-order valence-corrected chi connectivity index (χ4v) is 5.65. The minimum Gasteiger partial charge on any atom is -0.372 e. The van der Waals surface area contributed by atoms with E-state index in [1.54, 1.807) is 12.1 Å². The van der Waals surface area contributed by atoms with E-state index >= 15 is 0 Å². The number of rotatable bonds is 9. The van der Waals surface area contributed by atoms with E-state index in [0.717, 1.165) is 31.7 Å². The molecular weight excluding hydrogens is 412 g/mol. The van der Waals surface area contributed by atoms with Gasteiger partial charge < -0.3 is 15.0 Å². The second kappa shape index (κ2) is 9.33. The average Bonchev–Trinajstić information content (AvgIpc) is 3.16. The molecule has 1 aromatic rings. The predicted molar refractivity (Wildman–Crippen MR) is 125 cm³/mol. The Morgan fingerprint density at radius 1 is 1.23 bits per heavy atom. The summed E-state index contributed by atoms with van der Waals surface area (Å²) in [4.78, 5) is 7.09. The highest BCUT2D eigenvalue weighted by Crippen LogP contribution is 2.49. The van der Waals surface area contributed by atoms with Crippen molar-refractivity contribution in [3.05, 3.63) is 17.8 Å². The highest BCUT2D eigenvalue weighted by Gasteiger charge is 2.50. The van der Waals surface area contributed by atoms with Gasteiger partial charge in [0.2, 0.25) is 10.0 Å².